The molecule has 1 aromatic heterocycles. The summed E-state index contributed by atoms with van der Waals surface area (Å²) in [5.41, 5.74) is 6.14. The molecule has 0 spiro atoms. The monoisotopic (exact) mass is 289 g/mol. The zero-order valence-electron chi connectivity index (χ0n) is 10.7. The molecule has 0 atom stereocenters. The normalized spacial score (nSPS) is 11.8. The summed E-state index contributed by atoms with van der Waals surface area (Å²) in [4.78, 5) is 0. The molecule has 3 aromatic rings. The number of hydrogen-bond donors (Lipinski definition) is 1. The lowest BCUT2D eigenvalue weighted by atomic mass is 10.0. The Morgan fingerprint density at radius 1 is 0.810 bits per heavy atom. The molecule has 3 rings (SSSR count). The maximum atomic E-state index is 12.6. The second-order valence-corrected chi connectivity index (χ2v) is 4.55. The summed E-state index contributed by atoms with van der Waals surface area (Å²) >= 11 is 0. The van der Waals surface area contributed by atoms with Crippen molar-refractivity contribution < 1.29 is 13.2 Å². The van der Waals surface area contributed by atoms with E-state index < -0.39 is 11.7 Å². The Hall–Kier alpha value is -2.63. The molecule has 0 aliphatic rings. The van der Waals surface area contributed by atoms with Crippen LogP contribution in [0.1, 0.15) is 5.56 Å². The Balaban J connectivity index is 2.15. The van der Waals surface area contributed by atoms with Crippen molar-refractivity contribution in [1.29, 1.82) is 0 Å². The van der Waals surface area contributed by atoms with Gasteiger partial charge in [0.15, 0.2) is 5.82 Å². The molecular weight excluding hydrogens is 279 g/mol. The van der Waals surface area contributed by atoms with Crippen molar-refractivity contribution in [3.8, 4) is 11.3 Å². The summed E-state index contributed by atoms with van der Waals surface area (Å²) in [6.07, 6.45) is -4.35. The van der Waals surface area contributed by atoms with Gasteiger partial charge in [-0.1, -0.05) is 36.4 Å². The van der Waals surface area contributed by atoms with Gasteiger partial charge in [0, 0.05) is 16.3 Å². The minimum Gasteiger partial charge on any atom is -0.382 e. The summed E-state index contributed by atoms with van der Waals surface area (Å²) in [6, 6.07) is 12.1. The second-order valence-electron chi connectivity index (χ2n) is 4.55. The van der Waals surface area contributed by atoms with E-state index in [0.29, 0.717) is 17.1 Å². The number of anilines is 1. The molecule has 0 radical (unpaired) electrons. The highest BCUT2D eigenvalue weighted by molar-refractivity contribution is 5.99. The molecule has 0 aliphatic heterocycles. The maximum Gasteiger partial charge on any atom is 0.416 e. The predicted molar refractivity (Wildman–Crippen MR) is 74.4 cm³/mol. The summed E-state index contributed by atoms with van der Waals surface area (Å²) in [7, 11) is 0. The number of fused-ring (bicyclic) bond motifs is 1. The number of hydrogen-bond acceptors (Lipinski definition) is 3. The molecule has 0 saturated carbocycles. The smallest absolute Gasteiger partial charge is 0.382 e. The first-order valence-corrected chi connectivity index (χ1v) is 6.15. The van der Waals surface area contributed by atoms with Crippen LogP contribution in [0.3, 0.4) is 0 Å². The lowest BCUT2D eigenvalue weighted by Crippen LogP contribution is -2.04. The largest absolute Gasteiger partial charge is 0.416 e. The number of nitrogens with zero attached hydrogens (tertiary/aromatic N) is 2. The Morgan fingerprint density at radius 2 is 1.43 bits per heavy atom. The van der Waals surface area contributed by atoms with Gasteiger partial charge in [-0.15, -0.1) is 10.2 Å². The summed E-state index contributed by atoms with van der Waals surface area (Å²) < 4.78 is 37.8. The van der Waals surface area contributed by atoms with E-state index in [1.807, 2.05) is 18.2 Å². The summed E-state index contributed by atoms with van der Waals surface area (Å²) in [5.74, 6) is 0.293. The fourth-order valence-corrected chi connectivity index (χ4v) is 2.15. The summed E-state index contributed by atoms with van der Waals surface area (Å²) in [5, 5.41) is 9.35. The Kier molecular flexibility index (Phi) is 3.01. The van der Waals surface area contributed by atoms with Crippen LogP contribution in [0.15, 0.2) is 48.5 Å². The van der Waals surface area contributed by atoms with E-state index in [1.165, 1.54) is 12.1 Å². The molecule has 6 heteroatoms. The zero-order valence-corrected chi connectivity index (χ0v) is 10.7. The van der Waals surface area contributed by atoms with Crippen LogP contribution >= 0.6 is 0 Å². The van der Waals surface area contributed by atoms with Crippen molar-refractivity contribution >= 4 is 16.6 Å². The van der Waals surface area contributed by atoms with Gasteiger partial charge in [-0.2, -0.15) is 13.2 Å². The molecule has 0 fully saturated rings. The van der Waals surface area contributed by atoms with Crippen LogP contribution in [0.25, 0.3) is 22.0 Å². The minimum atomic E-state index is -4.35. The Bertz CT molecular complexity index is 795. The van der Waals surface area contributed by atoms with Gasteiger partial charge in [0.25, 0.3) is 0 Å². The van der Waals surface area contributed by atoms with Crippen LogP contribution in [0.5, 0.6) is 0 Å². The lowest BCUT2D eigenvalue weighted by Gasteiger charge is -2.09. The number of rotatable bonds is 1. The molecule has 0 bridgehead atoms. The van der Waals surface area contributed by atoms with Crippen LogP contribution in [0, 0.1) is 0 Å². The average Bonchev–Trinajstić information content (AvgIpc) is 2.47. The van der Waals surface area contributed by atoms with Gasteiger partial charge in [-0.05, 0) is 12.1 Å². The molecule has 21 heavy (non-hydrogen) atoms. The molecule has 2 N–H and O–H groups in total. The molecule has 1 heterocycles. The Labute approximate surface area is 118 Å². The first kappa shape index (κ1) is 13.4. The predicted octanol–water partition coefficient (Wildman–Crippen LogP) is 3.90. The Morgan fingerprint density at radius 3 is 2.05 bits per heavy atom. The zero-order chi connectivity index (χ0) is 15.0. The van der Waals surface area contributed by atoms with Gasteiger partial charge >= 0.3 is 6.18 Å². The fourth-order valence-electron chi connectivity index (χ4n) is 2.15. The topological polar surface area (TPSA) is 51.8 Å². The standard InChI is InChI=1S/C15H10F3N3/c16-15(17,18)10-7-5-9(6-8-10)13-11-3-1-2-4-12(11)14(19)21-20-13/h1-8H,(H2,19,21). The van der Waals surface area contributed by atoms with Crippen LogP contribution in [-0.2, 0) is 6.18 Å². The van der Waals surface area contributed by atoms with Crippen molar-refractivity contribution in [1.82, 2.24) is 10.2 Å². The van der Waals surface area contributed by atoms with Crippen LogP contribution in [-0.4, -0.2) is 10.2 Å². The van der Waals surface area contributed by atoms with Gasteiger partial charge in [-0.3, -0.25) is 0 Å². The first-order valence-electron chi connectivity index (χ1n) is 6.15. The van der Waals surface area contributed by atoms with E-state index in [0.717, 1.165) is 22.9 Å². The molecule has 0 aliphatic carbocycles. The highest BCUT2D eigenvalue weighted by atomic mass is 19.4. The van der Waals surface area contributed by atoms with E-state index in [4.69, 9.17) is 5.73 Å². The van der Waals surface area contributed by atoms with Crippen molar-refractivity contribution in [2.24, 2.45) is 0 Å². The molecule has 106 valence electrons. The third-order valence-corrected chi connectivity index (χ3v) is 3.20. The van der Waals surface area contributed by atoms with E-state index in [2.05, 4.69) is 10.2 Å². The third-order valence-electron chi connectivity index (χ3n) is 3.20. The number of nitrogens with two attached hydrogens (primary N) is 1. The number of halogens is 3. The maximum absolute atomic E-state index is 12.6. The van der Waals surface area contributed by atoms with Gasteiger partial charge in [0.1, 0.15) is 5.69 Å². The van der Waals surface area contributed by atoms with E-state index in [-0.39, 0.29) is 0 Å². The van der Waals surface area contributed by atoms with E-state index >= 15 is 0 Å². The number of nitrogen functional groups attached to an aromatic ring is 1. The molecule has 0 unspecified atom stereocenters. The van der Waals surface area contributed by atoms with Gasteiger partial charge in [0.05, 0.1) is 5.56 Å². The lowest BCUT2D eigenvalue weighted by molar-refractivity contribution is -0.137. The van der Waals surface area contributed by atoms with Crippen LogP contribution < -0.4 is 5.73 Å². The number of aromatic nitrogens is 2. The molecule has 3 nitrogen and oxygen atoms in total. The van der Waals surface area contributed by atoms with Crippen molar-refractivity contribution in [3.05, 3.63) is 54.1 Å². The van der Waals surface area contributed by atoms with Crippen LogP contribution in [0.4, 0.5) is 19.0 Å². The quantitative estimate of drug-likeness (QED) is 0.739. The minimum absolute atomic E-state index is 0.293. The van der Waals surface area contributed by atoms with Crippen molar-refractivity contribution in [3.63, 3.8) is 0 Å². The molecule has 0 saturated heterocycles. The summed E-state index contributed by atoms with van der Waals surface area (Å²) in [6.45, 7) is 0. The van der Waals surface area contributed by atoms with Gasteiger partial charge < -0.3 is 5.73 Å². The SMILES string of the molecule is Nc1nnc(-c2ccc(C(F)(F)F)cc2)c2ccccc12. The third kappa shape index (κ3) is 2.40. The van der Waals surface area contributed by atoms with E-state index in [1.54, 1.807) is 6.07 Å². The van der Waals surface area contributed by atoms with E-state index in [9.17, 15) is 13.2 Å². The number of alkyl halides is 3. The van der Waals surface area contributed by atoms with Crippen molar-refractivity contribution in [2.75, 3.05) is 5.73 Å². The first-order chi connectivity index (χ1) is 9.97. The molecule has 0 amide bonds. The molecular formula is C15H10F3N3. The van der Waals surface area contributed by atoms with Gasteiger partial charge in [-0.25, -0.2) is 0 Å². The van der Waals surface area contributed by atoms with Crippen LogP contribution in [0.2, 0.25) is 0 Å². The highest BCUT2D eigenvalue weighted by Crippen LogP contribution is 2.32. The molecule has 2 aromatic carbocycles. The number of benzene rings is 2. The van der Waals surface area contributed by atoms with Gasteiger partial charge in [0.2, 0.25) is 0 Å². The average molecular weight is 289 g/mol. The second kappa shape index (κ2) is 4.73. The fraction of sp³-hybridized carbons (Fsp3) is 0.0667. The highest BCUT2D eigenvalue weighted by Gasteiger charge is 2.30. The van der Waals surface area contributed by atoms with Crippen molar-refractivity contribution in [2.45, 2.75) is 6.18 Å².